The van der Waals surface area contributed by atoms with Gasteiger partial charge in [-0.05, 0) is 37.0 Å². The molecular formula is C15H22N2O3. The number of hydrogen-bond acceptors (Lipinski definition) is 3. The molecule has 0 saturated heterocycles. The van der Waals surface area contributed by atoms with Crippen molar-refractivity contribution in [2.45, 2.75) is 52.4 Å². The van der Waals surface area contributed by atoms with Gasteiger partial charge in [-0.25, -0.2) is 9.78 Å². The summed E-state index contributed by atoms with van der Waals surface area (Å²) in [6.07, 6.45) is 5.41. The highest BCUT2D eigenvalue weighted by Crippen LogP contribution is 2.42. The van der Waals surface area contributed by atoms with Gasteiger partial charge in [0.1, 0.15) is 11.4 Å². The Morgan fingerprint density at radius 3 is 2.35 bits per heavy atom. The van der Waals surface area contributed by atoms with E-state index in [1.54, 1.807) is 0 Å². The summed E-state index contributed by atoms with van der Waals surface area (Å²) in [5, 5.41) is 8.83. The molecule has 1 aliphatic carbocycles. The average molecular weight is 278 g/mol. The quantitative estimate of drug-likeness (QED) is 0.871. The maximum Gasteiger partial charge on any atom is 0.342 e. The van der Waals surface area contributed by atoms with Gasteiger partial charge in [-0.3, -0.25) is 4.79 Å². The molecule has 2 N–H and O–H groups in total. The Morgan fingerprint density at radius 2 is 1.90 bits per heavy atom. The molecule has 1 saturated carbocycles. The highest BCUT2D eigenvalue weighted by molar-refractivity contribution is 5.86. The third kappa shape index (κ3) is 3.08. The number of rotatable bonds is 2. The summed E-state index contributed by atoms with van der Waals surface area (Å²) in [7, 11) is 0. The lowest BCUT2D eigenvalue weighted by atomic mass is 9.70. The van der Waals surface area contributed by atoms with Crippen molar-refractivity contribution in [1.29, 1.82) is 0 Å². The van der Waals surface area contributed by atoms with Crippen molar-refractivity contribution in [3.05, 3.63) is 27.9 Å². The molecule has 1 aromatic rings. The predicted molar refractivity (Wildman–Crippen MR) is 76.0 cm³/mol. The third-order valence-electron chi connectivity index (χ3n) is 4.39. The lowest BCUT2D eigenvalue weighted by molar-refractivity contribution is 0.0694. The van der Waals surface area contributed by atoms with Crippen molar-refractivity contribution >= 4 is 5.97 Å². The number of carbonyl (C=O) groups is 1. The third-order valence-corrected chi connectivity index (χ3v) is 4.39. The van der Waals surface area contributed by atoms with E-state index in [9.17, 15) is 9.59 Å². The molecule has 0 bridgehead atoms. The zero-order valence-electron chi connectivity index (χ0n) is 12.3. The molecule has 1 aliphatic rings. The van der Waals surface area contributed by atoms with Crippen molar-refractivity contribution in [3.8, 4) is 0 Å². The van der Waals surface area contributed by atoms with Gasteiger partial charge in [0.2, 0.25) is 0 Å². The van der Waals surface area contributed by atoms with Crippen molar-refractivity contribution < 1.29 is 9.90 Å². The normalized spacial score (nSPS) is 23.6. The summed E-state index contributed by atoms with van der Waals surface area (Å²) in [6.45, 7) is 6.79. The summed E-state index contributed by atoms with van der Waals surface area (Å²) < 4.78 is 0. The Kier molecular flexibility index (Phi) is 3.97. The molecule has 0 aliphatic heterocycles. The molecule has 20 heavy (non-hydrogen) atoms. The number of carboxylic acid groups (broad SMARTS) is 1. The van der Waals surface area contributed by atoms with Crippen molar-refractivity contribution in [3.63, 3.8) is 0 Å². The minimum atomic E-state index is -1.23. The van der Waals surface area contributed by atoms with Crippen LogP contribution in [0.3, 0.4) is 0 Å². The van der Waals surface area contributed by atoms with Crippen LogP contribution in [0.1, 0.15) is 68.6 Å². The molecule has 1 fully saturated rings. The molecule has 0 amide bonds. The maximum absolute atomic E-state index is 11.7. The van der Waals surface area contributed by atoms with Crippen LogP contribution >= 0.6 is 0 Å². The minimum absolute atomic E-state index is 0.240. The molecule has 5 heteroatoms. The molecule has 0 aromatic carbocycles. The van der Waals surface area contributed by atoms with Gasteiger partial charge in [-0.2, -0.15) is 0 Å². The fraction of sp³-hybridized carbons (Fsp3) is 0.667. The lowest BCUT2D eigenvalue weighted by Crippen LogP contribution is -2.27. The van der Waals surface area contributed by atoms with Gasteiger partial charge < -0.3 is 10.1 Å². The molecule has 0 spiro atoms. The standard InChI is InChI=1S/C15H22N2O3/c1-15(2,3)10-6-4-9(5-7-10)12-16-8-11(14(19)20)13(18)17-12/h8-10H,4-7H2,1-3H3,(H,19,20)(H,16,17,18). The first-order valence-electron chi connectivity index (χ1n) is 7.11. The van der Waals surface area contributed by atoms with E-state index in [4.69, 9.17) is 5.11 Å². The van der Waals surface area contributed by atoms with Gasteiger partial charge in [-0.1, -0.05) is 20.8 Å². The van der Waals surface area contributed by atoms with Crippen LogP contribution in [0.15, 0.2) is 11.0 Å². The Hall–Kier alpha value is -1.65. The smallest absolute Gasteiger partial charge is 0.342 e. The number of aromatic carboxylic acids is 1. The van der Waals surface area contributed by atoms with Crippen LogP contribution in [0.2, 0.25) is 0 Å². The van der Waals surface area contributed by atoms with E-state index >= 15 is 0 Å². The molecule has 0 radical (unpaired) electrons. The Labute approximate surface area is 118 Å². The van der Waals surface area contributed by atoms with Crippen LogP contribution in [-0.2, 0) is 0 Å². The Balaban J connectivity index is 2.10. The SMILES string of the molecule is CC(C)(C)C1CCC(c2ncc(C(=O)O)c(=O)[nH]2)CC1. The van der Waals surface area contributed by atoms with Gasteiger partial charge in [0.15, 0.2) is 0 Å². The largest absolute Gasteiger partial charge is 0.477 e. The number of nitrogens with zero attached hydrogens (tertiary/aromatic N) is 1. The van der Waals surface area contributed by atoms with E-state index in [1.165, 1.54) is 6.20 Å². The second-order valence-corrected chi connectivity index (χ2v) is 6.73. The molecule has 5 nitrogen and oxygen atoms in total. The number of H-pyrrole nitrogens is 1. The van der Waals surface area contributed by atoms with Gasteiger partial charge >= 0.3 is 5.97 Å². The van der Waals surface area contributed by atoms with Crippen molar-refractivity contribution in [2.24, 2.45) is 11.3 Å². The first-order valence-corrected chi connectivity index (χ1v) is 7.11. The number of aromatic nitrogens is 2. The van der Waals surface area contributed by atoms with Crippen LogP contribution in [0, 0.1) is 11.3 Å². The van der Waals surface area contributed by atoms with Crippen LogP contribution < -0.4 is 5.56 Å². The van der Waals surface area contributed by atoms with E-state index in [1.807, 2.05) is 0 Å². The maximum atomic E-state index is 11.7. The first kappa shape index (κ1) is 14.8. The van der Waals surface area contributed by atoms with Crippen LogP contribution in [0.4, 0.5) is 0 Å². The molecule has 1 aromatic heterocycles. The van der Waals surface area contributed by atoms with Gasteiger partial charge in [0.25, 0.3) is 5.56 Å². The van der Waals surface area contributed by atoms with Crippen molar-refractivity contribution in [1.82, 2.24) is 9.97 Å². The monoisotopic (exact) mass is 278 g/mol. The highest BCUT2D eigenvalue weighted by atomic mass is 16.4. The topological polar surface area (TPSA) is 83.0 Å². The average Bonchev–Trinajstić information content (AvgIpc) is 2.37. The van der Waals surface area contributed by atoms with E-state index in [2.05, 4.69) is 30.7 Å². The highest BCUT2D eigenvalue weighted by Gasteiger charge is 2.31. The molecule has 2 rings (SSSR count). The molecule has 1 heterocycles. The first-order chi connectivity index (χ1) is 9.29. The van der Waals surface area contributed by atoms with Gasteiger partial charge in [-0.15, -0.1) is 0 Å². The zero-order valence-corrected chi connectivity index (χ0v) is 12.3. The van der Waals surface area contributed by atoms with Gasteiger partial charge in [0.05, 0.1) is 0 Å². The number of aromatic amines is 1. The summed E-state index contributed by atoms with van der Waals surface area (Å²) in [5.74, 6) is 0.335. The van der Waals surface area contributed by atoms with Crippen molar-refractivity contribution in [2.75, 3.05) is 0 Å². The van der Waals surface area contributed by atoms with E-state index in [-0.39, 0.29) is 11.5 Å². The molecular weight excluding hydrogens is 256 g/mol. The molecule has 0 atom stereocenters. The Bertz CT molecular complexity index is 549. The van der Waals surface area contributed by atoms with Gasteiger partial charge in [0, 0.05) is 12.1 Å². The molecule has 110 valence electrons. The number of carboxylic acids is 1. The van der Waals surface area contributed by atoms with Crippen LogP contribution in [-0.4, -0.2) is 21.0 Å². The number of nitrogens with one attached hydrogen (secondary N) is 1. The zero-order chi connectivity index (χ0) is 14.9. The Morgan fingerprint density at radius 1 is 1.30 bits per heavy atom. The number of hydrogen-bond donors (Lipinski definition) is 2. The fourth-order valence-electron chi connectivity index (χ4n) is 3.00. The summed E-state index contributed by atoms with van der Waals surface area (Å²) >= 11 is 0. The van der Waals surface area contributed by atoms with Crippen LogP contribution in [0.5, 0.6) is 0 Å². The second-order valence-electron chi connectivity index (χ2n) is 6.73. The second kappa shape index (κ2) is 5.38. The van der Waals surface area contributed by atoms with E-state index < -0.39 is 11.5 Å². The van der Waals surface area contributed by atoms with E-state index in [0.29, 0.717) is 17.2 Å². The van der Waals surface area contributed by atoms with Crippen LogP contribution in [0.25, 0.3) is 0 Å². The summed E-state index contributed by atoms with van der Waals surface area (Å²) in [6, 6.07) is 0. The molecule has 0 unspecified atom stereocenters. The van der Waals surface area contributed by atoms with E-state index in [0.717, 1.165) is 25.7 Å². The fourth-order valence-corrected chi connectivity index (χ4v) is 3.00. The lowest BCUT2D eigenvalue weighted by Gasteiger charge is -2.36. The predicted octanol–water partition coefficient (Wildman–Crippen LogP) is 2.79. The summed E-state index contributed by atoms with van der Waals surface area (Å²) in [5.41, 5.74) is -0.531. The summed E-state index contributed by atoms with van der Waals surface area (Å²) in [4.78, 5) is 29.2. The minimum Gasteiger partial charge on any atom is -0.477 e.